The van der Waals surface area contributed by atoms with Gasteiger partial charge in [-0.15, -0.1) is 0 Å². The summed E-state index contributed by atoms with van der Waals surface area (Å²) in [5.41, 5.74) is 0. The number of aliphatic imine (C=N–C) groups is 1. The number of unbranched alkanes of at least 4 members (excludes halogenated alkanes) is 1. The molecule has 2 rings (SSSR count). The van der Waals surface area contributed by atoms with Gasteiger partial charge in [-0.2, -0.15) is 0 Å². The maximum absolute atomic E-state index is 5.39. The van der Waals surface area contributed by atoms with E-state index in [1.165, 1.54) is 51.6 Å². The molecule has 0 aromatic carbocycles. The molecule has 2 heterocycles. The topological polar surface area (TPSA) is 52.1 Å². The van der Waals surface area contributed by atoms with Crippen LogP contribution in [-0.4, -0.2) is 87.9 Å². The molecule has 2 N–H and O–H groups in total. The predicted molar refractivity (Wildman–Crippen MR) is 105 cm³/mol. The second-order valence-corrected chi connectivity index (χ2v) is 7.18. The lowest BCUT2D eigenvalue weighted by Crippen LogP contribution is -2.46. The molecule has 2 aliphatic rings. The summed E-state index contributed by atoms with van der Waals surface area (Å²) >= 11 is 0. The largest absolute Gasteiger partial charge is 0.379 e. The van der Waals surface area contributed by atoms with E-state index in [1.807, 2.05) is 7.05 Å². The van der Waals surface area contributed by atoms with Crippen LogP contribution in [0, 0.1) is 0 Å². The number of nitrogens with one attached hydrogen (secondary N) is 2. The van der Waals surface area contributed by atoms with Crippen molar-refractivity contribution in [1.82, 2.24) is 20.4 Å². The van der Waals surface area contributed by atoms with E-state index >= 15 is 0 Å². The van der Waals surface area contributed by atoms with Crippen molar-refractivity contribution < 1.29 is 4.74 Å². The van der Waals surface area contributed by atoms with Crippen molar-refractivity contribution in [2.75, 3.05) is 66.1 Å². The maximum atomic E-state index is 5.39. The van der Waals surface area contributed by atoms with Gasteiger partial charge in [0.1, 0.15) is 0 Å². The second-order valence-electron chi connectivity index (χ2n) is 7.18. The third-order valence-corrected chi connectivity index (χ3v) is 5.43. The fraction of sp³-hybridized carbons (Fsp3) is 0.947. The first kappa shape index (κ1) is 20.5. The molecule has 25 heavy (non-hydrogen) atoms. The number of guanidine groups is 1. The average molecular weight is 354 g/mol. The molecule has 1 atom stereocenters. The molecule has 0 amide bonds. The predicted octanol–water partition coefficient (Wildman–Crippen LogP) is 1.53. The highest BCUT2D eigenvalue weighted by Gasteiger charge is 2.19. The highest BCUT2D eigenvalue weighted by molar-refractivity contribution is 5.79. The summed E-state index contributed by atoms with van der Waals surface area (Å²) < 4.78 is 5.39. The Bertz CT molecular complexity index is 371. The third-order valence-electron chi connectivity index (χ3n) is 5.43. The summed E-state index contributed by atoms with van der Waals surface area (Å²) in [6.07, 6.45) is 7.81. The Morgan fingerprint density at radius 1 is 1.04 bits per heavy atom. The molecule has 0 aliphatic carbocycles. The van der Waals surface area contributed by atoms with Crippen molar-refractivity contribution in [1.29, 1.82) is 0 Å². The van der Waals surface area contributed by atoms with Gasteiger partial charge < -0.3 is 15.4 Å². The van der Waals surface area contributed by atoms with Crippen LogP contribution >= 0.6 is 0 Å². The van der Waals surface area contributed by atoms with Gasteiger partial charge in [0, 0.05) is 45.8 Å². The van der Waals surface area contributed by atoms with Gasteiger partial charge in [-0.3, -0.25) is 14.8 Å². The molecule has 2 fully saturated rings. The fourth-order valence-corrected chi connectivity index (χ4v) is 3.85. The molecule has 0 bridgehead atoms. The molecule has 0 spiro atoms. The van der Waals surface area contributed by atoms with Crippen LogP contribution in [0.5, 0.6) is 0 Å². The van der Waals surface area contributed by atoms with E-state index < -0.39 is 0 Å². The Morgan fingerprint density at radius 3 is 2.60 bits per heavy atom. The van der Waals surface area contributed by atoms with E-state index in [1.54, 1.807) is 0 Å². The molecule has 2 saturated heterocycles. The van der Waals surface area contributed by atoms with Crippen molar-refractivity contribution in [2.24, 2.45) is 4.99 Å². The SMILES string of the molecule is CCC1CCCCN1CCNC(=NC)NCCCCN1CCOCC1. The number of nitrogens with zero attached hydrogens (tertiary/aromatic N) is 3. The first-order valence-electron chi connectivity index (χ1n) is 10.3. The molecule has 0 saturated carbocycles. The van der Waals surface area contributed by atoms with Crippen molar-refractivity contribution in [2.45, 2.75) is 51.5 Å². The van der Waals surface area contributed by atoms with Gasteiger partial charge in [-0.05, 0) is 45.2 Å². The smallest absolute Gasteiger partial charge is 0.191 e. The lowest BCUT2D eigenvalue weighted by Gasteiger charge is -2.35. The summed E-state index contributed by atoms with van der Waals surface area (Å²) in [6.45, 7) is 11.8. The van der Waals surface area contributed by atoms with Gasteiger partial charge >= 0.3 is 0 Å². The van der Waals surface area contributed by atoms with Crippen LogP contribution in [0.1, 0.15) is 45.4 Å². The Hall–Kier alpha value is -0.850. The van der Waals surface area contributed by atoms with Crippen molar-refractivity contribution >= 4 is 5.96 Å². The zero-order valence-electron chi connectivity index (χ0n) is 16.4. The Morgan fingerprint density at radius 2 is 1.84 bits per heavy atom. The first-order chi connectivity index (χ1) is 12.3. The van der Waals surface area contributed by atoms with E-state index in [2.05, 4.69) is 32.3 Å². The van der Waals surface area contributed by atoms with Gasteiger partial charge in [-0.25, -0.2) is 0 Å². The number of hydrogen-bond donors (Lipinski definition) is 2. The van der Waals surface area contributed by atoms with E-state index in [0.717, 1.165) is 57.9 Å². The van der Waals surface area contributed by atoms with Crippen LogP contribution in [0.2, 0.25) is 0 Å². The Labute approximate surface area is 154 Å². The number of rotatable bonds is 9. The fourth-order valence-electron chi connectivity index (χ4n) is 3.85. The molecule has 146 valence electrons. The number of hydrogen-bond acceptors (Lipinski definition) is 4. The minimum absolute atomic E-state index is 0.783. The van der Waals surface area contributed by atoms with Gasteiger partial charge in [0.2, 0.25) is 0 Å². The third kappa shape index (κ3) is 7.92. The zero-order valence-corrected chi connectivity index (χ0v) is 16.4. The Kier molecular flexibility index (Phi) is 10.2. The highest BCUT2D eigenvalue weighted by Crippen LogP contribution is 2.18. The first-order valence-corrected chi connectivity index (χ1v) is 10.3. The zero-order chi connectivity index (χ0) is 17.7. The van der Waals surface area contributed by atoms with E-state index in [0.29, 0.717) is 0 Å². The molecule has 6 heteroatoms. The summed E-state index contributed by atoms with van der Waals surface area (Å²) in [5.74, 6) is 0.941. The minimum atomic E-state index is 0.783. The number of piperidine rings is 1. The maximum Gasteiger partial charge on any atom is 0.191 e. The van der Waals surface area contributed by atoms with Crippen LogP contribution in [0.25, 0.3) is 0 Å². The quantitative estimate of drug-likeness (QED) is 0.374. The van der Waals surface area contributed by atoms with E-state index in [-0.39, 0.29) is 0 Å². The Balaban J connectivity index is 1.51. The van der Waals surface area contributed by atoms with Crippen LogP contribution in [-0.2, 0) is 4.74 Å². The molecular weight excluding hydrogens is 314 g/mol. The molecule has 0 aromatic rings. The van der Waals surface area contributed by atoms with Crippen LogP contribution < -0.4 is 10.6 Å². The van der Waals surface area contributed by atoms with Gasteiger partial charge in [0.25, 0.3) is 0 Å². The molecule has 6 nitrogen and oxygen atoms in total. The summed E-state index contributed by atoms with van der Waals surface area (Å²) in [5, 5.41) is 6.92. The van der Waals surface area contributed by atoms with Crippen LogP contribution in [0.3, 0.4) is 0 Å². The second kappa shape index (κ2) is 12.5. The molecule has 0 aromatic heterocycles. The molecular formula is C19H39N5O. The lowest BCUT2D eigenvalue weighted by atomic mass is 10.0. The van der Waals surface area contributed by atoms with E-state index in [4.69, 9.17) is 4.74 Å². The van der Waals surface area contributed by atoms with Crippen molar-refractivity contribution in [3.8, 4) is 0 Å². The van der Waals surface area contributed by atoms with Gasteiger partial charge in [0.15, 0.2) is 5.96 Å². The van der Waals surface area contributed by atoms with Gasteiger partial charge in [0.05, 0.1) is 13.2 Å². The lowest BCUT2D eigenvalue weighted by molar-refractivity contribution is 0.0372. The minimum Gasteiger partial charge on any atom is -0.379 e. The number of ether oxygens (including phenoxy) is 1. The monoisotopic (exact) mass is 353 g/mol. The number of likely N-dealkylation sites (tertiary alicyclic amines) is 1. The highest BCUT2D eigenvalue weighted by atomic mass is 16.5. The molecule has 2 aliphatic heterocycles. The molecule has 1 unspecified atom stereocenters. The van der Waals surface area contributed by atoms with Crippen molar-refractivity contribution in [3.05, 3.63) is 0 Å². The normalized spacial score (nSPS) is 23.6. The van der Waals surface area contributed by atoms with Gasteiger partial charge in [-0.1, -0.05) is 13.3 Å². The average Bonchev–Trinajstić information content (AvgIpc) is 2.67. The molecule has 0 radical (unpaired) electrons. The summed E-state index contributed by atoms with van der Waals surface area (Å²) in [7, 11) is 1.86. The standard InChI is InChI=1S/C19H39N5O/c1-3-18-8-4-6-12-24(18)13-10-22-19(20-2)21-9-5-7-11-23-14-16-25-17-15-23/h18H,3-17H2,1-2H3,(H2,20,21,22). The van der Waals surface area contributed by atoms with Crippen LogP contribution in [0.15, 0.2) is 4.99 Å². The summed E-state index contributed by atoms with van der Waals surface area (Å²) in [6, 6.07) is 0.783. The van der Waals surface area contributed by atoms with Crippen molar-refractivity contribution in [3.63, 3.8) is 0 Å². The number of morpholine rings is 1. The summed E-state index contributed by atoms with van der Waals surface area (Å²) in [4.78, 5) is 9.49. The van der Waals surface area contributed by atoms with Crippen LogP contribution in [0.4, 0.5) is 0 Å². The van der Waals surface area contributed by atoms with E-state index in [9.17, 15) is 0 Å².